The zero-order chi connectivity index (χ0) is 63.2. The van der Waals surface area contributed by atoms with Crippen LogP contribution in [0.15, 0.2) is 12.3 Å². The first-order valence-corrected chi connectivity index (χ1v) is 34.5. The van der Waals surface area contributed by atoms with E-state index in [4.69, 9.17) is 18.9 Å². The van der Waals surface area contributed by atoms with Crippen molar-refractivity contribution >= 4 is 30.1 Å². The van der Waals surface area contributed by atoms with Crippen molar-refractivity contribution in [3.05, 3.63) is 12.3 Å². The summed E-state index contributed by atoms with van der Waals surface area (Å²) in [5, 5.41) is 28.2. The van der Waals surface area contributed by atoms with Gasteiger partial charge >= 0.3 is 17.9 Å². The second kappa shape index (κ2) is 57.6. The summed E-state index contributed by atoms with van der Waals surface area (Å²) in [6, 6.07) is -1.01. The van der Waals surface area contributed by atoms with E-state index in [1.165, 1.54) is 38.5 Å². The quantitative estimate of drug-likeness (QED) is 0.0148. The van der Waals surface area contributed by atoms with E-state index in [2.05, 4.69) is 77.5 Å². The SMILES string of the molecule is C=C(CCCC(C)CN(CCC)CCCCC(NC)C(=O)NC(C=O)CCCCN(CC(O)CCCC(=O)OC(C)CCCCC)CC(O)CCCC(=O)OC(C)CCCCC)OC(C)CCCCC.CCCCCC(C)OC(=O)CCCC. The van der Waals surface area contributed by atoms with Gasteiger partial charge in [0.1, 0.15) is 6.29 Å². The molecule has 0 aliphatic carbocycles. The molecule has 0 aromatic carbocycles. The lowest BCUT2D eigenvalue weighted by atomic mass is 10.0. The molecule has 0 aromatic heterocycles. The molecule has 0 aliphatic heterocycles. The molecule has 0 aliphatic rings. The van der Waals surface area contributed by atoms with Gasteiger partial charge in [0.2, 0.25) is 5.91 Å². The van der Waals surface area contributed by atoms with E-state index in [9.17, 15) is 34.2 Å². The lowest BCUT2D eigenvalue weighted by Gasteiger charge is -2.28. The van der Waals surface area contributed by atoms with Crippen molar-refractivity contribution in [2.24, 2.45) is 5.92 Å². The first kappa shape index (κ1) is 83.0. The molecular formula is C69H134N4O11. The van der Waals surface area contributed by atoms with E-state index in [0.29, 0.717) is 83.3 Å². The standard InChI is InChI=1S/C57H110N4O9.C12H24O2/c1-11-15-18-29-47(6)68-48(7)32-25-28-46(5)42-60(39-14-4)40-24-22-36-54(58-10)57(67)59-51(45-62)33-21-23-41-61(43-52(63)34-26-37-55(65)69-49(8)30-19-16-12-2)44-53(64)35-27-38-56(66)70-50(9)31-20-17-13-3;1-4-6-8-9-11(3)14-12(13)10-7-5-2/h45-47,49-54,58,63-64H,7,11-44H2,1-6,8-10H3,(H,59,67);11H,4-10H2,1-3H3. The Labute approximate surface area is 515 Å². The molecule has 0 spiro atoms. The van der Waals surface area contributed by atoms with Gasteiger partial charge in [-0.15, -0.1) is 0 Å². The maximum atomic E-state index is 13.4. The molecule has 84 heavy (non-hydrogen) atoms. The maximum Gasteiger partial charge on any atom is 0.306 e. The van der Waals surface area contributed by atoms with Gasteiger partial charge in [-0.05, 0) is 195 Å². The summed E-state index contributed by atoms with van der Waals surface area (Å²) in [4.78, 5) is 66.2. The highest BCUT2D eigenvalue weighted by molar-refractivity contribution is 5.84. The molecule has 15 nitrogen and oxygen atoms in total. The van der Waals surface area contributed by atoms with Crippen LogP contribution in [-0.2, 0) is 42.9 Å². The smallest absolute Gasteiger partial charge is 0.306 e. The van der Waals surface area contributed by atoms with Crippen molar-refractivity contribution in [1.82, 2.24) is 20.4 Å². The minimum Gasteiger partial charge on any atom is -0.496 e. The van der Waals surface area contributed by atoms with Gasteiger partial charge in [0.25, 0.3) is 0 Å². The molecule has 496 valence electrons. The molecule has 0 rings (SSSR count). The summed E-state index contributed by atoms with van der Waals surface area (Å²) in [5.74, 6) is 0.787. The predicted octanol–water partition coefficient (Wildman–Crippen LogP) is 14.7. The fraction of sp³-hybridized carbons (Fsp3) is 0.899. The predicted molar refractivity (Wildman–Crippen MR) is 347 cm³/mol. The van der Waals surface area contributed by atoms with Crippen LogP contribution in [0.2, 0.25) is 0 Å². The van der Waals surface area contributed by atoms with Gasteiger partial charge in [-0.1, -0.05) is 119 Å². The molecular weight excluding hydrogens is 1060 g/mol. The number of carbonyl (C=O) groups excluding carboxylic acids is 5. The Morgan fingerprint density at radius 2 is 0.833 bits per heavy atom. The van der Waals surface area contributed by atoms with Crippen molar-refractivity contribution in [3.63, 3.8) is 0 Å². The van der Waals surface area contributed by atoms with Crippen LogP contribution in [0.3, 0.4) is 0 Å². The van der Waals surface area contributed by atoms with E-state index in [1.54, 1.807) is 7.05 Å². The molecule has 0 heterocycles. The number of hydrogen-bond donors (Lipinski definition) is 4. The van der Waals surface area contributed by atoms with Gasteiger partial charge in [0.05, 0.1) is 54.5 Å². The number of aliphatic hydroxyl groups is 2. The number of likely N-dealkylation sites (N-methyl/N-ethyl adjacent to an activating group) is 1. The third-order valence-electron chi connectivity index (χ3n) is 15.6. The number of unbranched alkanes of at least 4 members (excludes halogenated alkanes) is 11. The molecule has 9 unspecified atom stereocenters. The van der Waals surface area contributed by atoms with Crippen LogP contribution in [0.5, 0.6) is 0 Å². The molecule has 0 bridgehead atoms. The van der Waals surface area contributed by atoms with Gasteiger partial charge in [0, 0.05) is 45.3 Å². The lowest BCUT2D eigenvalue weighted by molar-refractivity contribution is -0.149. The molecule has 4 N–H and O–H groups in total. The third-order valence-corrected chi connectivity index (χ3v) is 15.6. The zero-order valence-electron chi connectivity index (χ0n) is 56.4. The largest absolute Gasteiger partial charge is 0.496 e. The molecule has 0 radical (unpaired) electrons. The second-order valence-electron chi connectivity index (χ2n) is 24.7. The topological polar surface area (TPSA) is 193 Å². The van der Waals surface area contributed by atoms with Crippen LogP contribution < -0.4 is 10.6 Å². The summed E-state index contributed by atoms with van der Waals surface area (Å²) >= 11 is 0. The molecule has 15 heteroatoms. The average Bonchev–Trinajstić information content (AvgIpc) is 3.48. The van der Waals surface area contributed by atoms with Crippen LogP contribution in [0.25, 0.3) is 0 Å². The van der Waals surface area contributed by atoms with E-state index < -0.39 is 24.3 Å². The van der Waals surface area contributed by atoms with Gasteiger partial charge in [-0.25, -0.2) is 0 Å². The third kappa shape index (κ3) is 52.1. The van der Waals surface area contributed by atoms with Crippen molar-refractivity contribution in [2.45, 2.75) is 350 Å². The lowest BCUT2D eigenvalue weighted by Crippen LogP contribution is -2.47. The number of nitrogens with zero attached hydrogens (tertiary/aromatic N) is 2. The highest BCUT2D eigenvalue weighted by Gasteiger charge is 2.22. The normalized spacial score (nSPS) is 14.7. The van der Waals surface area contributed by atoms with Crippen molar-refractivity contribution in [2.75, 3.05) is 46.3 Å². The van der Waals surface area contributed by atoms with E-state index in [1.807, 2.05) is 25.7 Å². The molecule has 9 atom stereocenters. The number of hydrogen-bond acceptors (Lipinski definition) is 14. The van der Waals surface area contributed by atoms with E-state index >= 15 is 0 Å². The van der Waals surface area contributed by atoms with Crippen LogP contribution in [-0.4, -0.2) is 145 Å². The van der Waals surface area contributed by atoms with Crippen LogP contribution in [0.4, 0.5) is 0 Å². The van der Waals surface area contributed by atoms with Crippen molar-refractivity contribution in [1.29, 1.82) is 0 Å². The second-order valence-corrected chi connectivity index (χ2v) is 24.7. The number of aldehydes is 1. The fourth-order valence-electron chi connectivity index (χ4n) is 10.5. The van der Waals surface area contributed by atoms with Crippen molar-refractivity contribution < 1.29 is 53.1 Å². The first-order valence-electron chi connectivity index (χ1n) is 34.5. The Balaban J connectivity index is 0. The number of ether oxygens (including phenoxy) is 4. The maximum absolute atomic E-state index is 13.4. The van der Waals surface area contributed by atoms with E-state index in [0.717, 1.165) is 147 Å². The zero-order valence-corrected chi connectivity index (χ0v) is 56.4. The summed E-state index contributed by atoms with van der Waals surface area (Å²) in [5.41, 5.74) is 0. The summed E-state index contributed by atoms with van der Waals surface area (Å²) in [6.07, 6.45) is 30.6. The number of aliphatic hydroxyl groups excluding tert-OH is 2. The Bertz CT molecular complexity index is 1540. The minimum absolute atomic E-state index is 0.0316. The minimum atomic E-state index is -0.708. The molecule has 1 amide bonds. The number of amides is 1. The monoisotopic (exact) mass is 1200 g/mol. The van der Waals surface area contributed by atoms with Crippen LogP contribution in [0, 0.1) is 5.92 Å². The number of nitrogens with one attached hydrogen (secondary N) is 2. The Morgan fingerprint density at radius 3 is 1.25 bits per heavy atom. The number of rotatable bonds is 58. The molecule has 0 aromatic rings. The van der Waals surface area contributed by atoms with Crippen LogP contribution in [0.1, 0.15) is 301 Å². The van der Waals surface area contributed by atoms with Gasteiger partial charge < -0.3 is 49.5 Å². The van der Waals surface area contributed by atoms with Crippen molar-refractivity contribution in [3.8, 4) is 0 Å². The Morgan fingerprint density at radius 1 is 0.440 bits per heavy atom. The summed E-state index contributed by atoms with van der Waals surface area (Å²) in [7, 11) is 1.79. The highest BCUT2D eigenvalue weighted by atomic mass is 16.6. The number of esters is 3. The summed E-state index contributed by atoms with van der Waals surface area (Å²) < 4.78 is 22.4. The Hall–Kier alpha value is -3.11. The van der Waals surface area contributed by atoms with Gasteiger partial charge in [-0.2, -0.15) is 0 Å². The first-order chi connectivity index (χ1) is 40.3. The van der Waals surface area contributed by atoms with Gasteiger partial charge in [0.15, 0.2) is 0 Å². The fourth-order valence-corrected chi connectivity index (χ4v) is 10.5. The number of allylic oxidation sites excluding steroid dienone is 1. The molecule has 0 saturated carbocycles. The average molecular weight is 1200 g/mol. The Kier molecular flexibility index (Phi) is 56.9. The van der Waals surface area contributed by atoms with Gasteiger partial charge in [-0.3, -0.25) is 24.1 Å². The van der Waals surface area contributed by atoms with E-state index in [-0.39, 0.29) is 61.1 Å². The highest BCUT2D eigenvalue weighted by Crippen LogP contribution is 2.19. The molecule has 0 saturated heterocycles. The molecule has 0 fully saturated rings. The van der Waals surface area contributed by atoms with Crippen LogP contribution >= 0.6 is 0 Å². The number of carbonyl (C=O) groups is 5. The summed E-state index contributed by atoms with van der Waals surface area (Å²) in [6.45, 7) is 31.8.